The Morgan fingerprint density at radius 2 is 1.82 bits per heavy atom. The summed E-state index contributed by atoms with van der Waals surface area (Å²) in [4.78, 5) is 4.43. The number of rotatable bonds is 1. The molecule has 84 valence electrons. The number of fused-ring (bicyclic) bond motifs is 1. The lowest BCUT2D eigenvalue weighted by Crippen LogP contribution is -2.12. The van der Waals surface area contributed by atoms with Gasteiger partial charge in [-0.2, -0.15) is 0 Å². The second-order valence-electron chi connectivity index (χ2n) is 3.82. The standard InChI is InChI=1S/C14H10BrNO/c15-11-7-4-8-12-14(11)17-13(9-16-12)10-5-2-1-3-6-10/h1-9,13H. The van der Waals surface area contributed by atoms with Gasteiger partial charge >= 0.3 is 0 Å². The molecule has 0 aromatic heterocycles. The molecule has 2 aromatic carbocycles. The third-order valence-electron chi connectivity index (χ3n) is 2.67. The Morgan fingerprint density at radius 3 is 2.65 bits per heavy atom. The van der Waals surface area contributed by atoms with Crippen LogP contribution in [0.2, 0.25) is 0 Å². The van der Waals surface area contributed by atoms with Gasteiger partial charge in [-0.3, -0.25) is 4.99 Å². The molecule has 0 aliphatic carbocycles. The Balaban J connectivity index is 1.99. The first-order valence-electron chi connectivity index (χ1n) is 5.39. The molecule has 17 heavy (non-hydrogen) atoms. The fourth-order valence-corrected chi connectivity index (χ4v) is 2.27. The minimum Gasteiger partial charge on any atom is -0.477 e. The largest absolute Gasteiger partial charge is 0.477 e. The minimum atomic E-state index is -0.109. The summed E-state index contributed by atoms with van der Waals surface area (Å²) in [6.07, 6.45) is 1.73. The number of hydrogen-bond acceptors (Lipinski definition) is 2. The van der Waals surface area contributed by atoms with Gasteiger partial charge in [0.15, 0.2) is 11.9 Å². The number of nitrogens with zero attached hydrogens (tertiary/aromatic N) is 1. The average molecular weight is 288 g/mol. The Kier molecular flexibility index (Phi) is 2.69. The molecular formula is C14H10BrNO. The molecule has 0 spiro atoms. The molecule has 2 nitrogen and oxygen atoms in total. The van der Waals surface area contributed by atoms with Crippen LogP contribution in [-0.2, 0) is 0 Å². The van der Waals surface area contributed by atoms with Gasteiger partial charge in [-0.05, 0) is 33.6 Å². The summed E-state index contributed by atoms with van der Waals surface area (Å²) in [7, 11) is 0. The predicted octanol–water partition coefficient (Wildman–Crippen LogP) is 4.29. The number of halogens is 1. The van der Waals surface area contributed by atoms with Gasteiger partial charge in [0.2, 0.25) is 0 Å². The normalized spacial score (nSPS) is 17.4. The van der Waals surface area contributed by atoms with Crippen molar-refractivity contribution in [2.24, 2.45) is 4.99 Å². The highest BCUT2D eigenvalue weighted by atomic mass is 79.9. The molecule has 0 saturated heterocycles. The van der Waals surface area contributed by atoms with Gasteiger partial charge in [0.25, 0.3) is 0 Å². The third-order valence-corrected chi connectivity index (χ3v) is 3.29. The zero-order chi connectivity index (χ0) is 11.7. The number of aliphatic imine (C=N–C) groups is 1. The highest BCUT2D eigenvalue weighted by Gasteiger charge is 2.19. The van der Waals surface area contributed by atoms with Gasteiger partial charge in [-0.25, -0.2) is 0 Å². The fraction of sp³-hybridized carbons (Fsp3) is 0.0714. The van der Waals surface area contributed by atoms with Crippen LogP contribution in [-0.4, -0.2) is 6.21 Å². The highest BCUT2D eigenvalue weighted by Crippen LogP contribution is 2.40. The smallest absolute Gasteiger partial charge is 0.160 e. The van der Waals surface area contributed by atoms with Crippen molar-refractivity contribution < 1.29 is 4.74 Å². The second-order valence-corrected chi connectivity index (χ2v) is 4.67. The number of hydrogen-bond donors (Lipinski definition) is 0. The van der Waals surface area contributed by atoms with E-state index in [1.807, 2.05) is 54.7 Å². The van der Waals surface area contributed by atoms with Crippen molar-refractivity contribution in [2.45, 2.75) is 6.10 Å². The third kappa shape index (κ3) is 1.98. The van der Waals surface area contributed by atoms with Crippen molar-refractivity contribution in [2.75, 3.05) is 0 Å². The quantitative estimate of drug-likeness (QED) is 0.767. The van der Waals surface area contributed by atoms with E-state index >= 15 is 0 Å². The molecule has 2 aromatic rings. The van der Waals surface area contributed by atoms with Crippen LogP contribution in [0.1, 0.15) is 11.7 Å². The molecule has 1 heterocycles. The Morgan fingerprint density at radius 1 is 1.00 bits per heavy atom. The molecule has 0 saturated carbocycles. The first kappa shape index (κ1) is 10.5. The van der Waals surface area contributed by atoms with E-state index in [1.54, 1.807) is 0 Å². The molecule has 1 aliphatic rings. The number of benzene rings is 2. The maximum atomic E-state index is 5.95. The van der Waals surface area contributed by atoms with E-state index in [9.17, 15) is 0 Å². The zero-order valence-electron chi connectivity index (χ0n) is 9.01. The van der Waals surface area contributed by atoms with Gasteiger partial charge in [0.1, 0.15) is 5.69 Å². The SMILES string of the molecule is Brc1cccc2c1OC(c1ccccc1)C=N2. The first-order valence-corrected chi connectivity index (χ1v) is 6.18. The molecule has 3 heteroatoms. The van der Waals surface area contributed by atoms with Crippen molar-refractivity contribution in [3.63, 3.8) is 0 Å². The number of para-hydroxylation sites is 1. The van der Waals surface area contributed by atoms with Crippen LogP contribution in [0.4, 0.5) is 5.69 Å². The average Bonchev–Trinajstić information content (AvgIpc) is 2.40. The van der Waals surface area contributed by atoms with Gasteiger partial charge in [-0.15, -0.1) is 0 Å². The van der Waals surface area contributed by atoms with Crippen LogP contribution in [0.25, 0.3) is 0 Å². The van der Waals surface area contributed by atoms with Crippen LogP contribution in [0.3, 0.4) is 0 Å². The lowest BCUT2D eigenvalue weighted by atomic mass is 10.1. The summed E-state index contributed by atoms with van der Waals surface area (Å²) in [6, 6.07) is 15.9. The van der Waals surface area contributed by atoms with E-state index in [0.29, 0.717) is 0 Å². The number of ether oxygens (including phenoxy) is 1. The molecule has 1 aliphatic heterocycles. The molecule has 1 atom stereocenters. The molecule has 3 rings (SSSR count). The molecule has 0 bridgehead atoms. The van der Waals surface area contributed by atoms with Crippen LogP contribution in [0, 0.1) is 0 Å². The predicted molar refractivity (Wildman–Crippen MR) is 72.1 cm³/mol. The summed E-state index contributed by atoms with van der Waals surface area (Å²) in [5, 5.41) is 0. The first-order chi connectivity index (χ1) is 8.34. The topological polar surface area (TPSA) is 21.6 Å². The van der Waals surface area contributed by atoms with E-state index in [2.05, 4.69) is 20.9 Å². The Labute approximate surface area is 108 Å². The minimum absolute atomic E-state index is 0.109. The van der Waals surface area contributed by atoms with Crippen molar-refractivity contribution in [1.29, 1.82) is 0 Å². The lowest BCUT2D eigenvalue weighted by molar-refractivity contribution is 0.273. The van der Waals surface area contributed by atoms with Crippen LogP contribution in [0.5, 0.6) is 5.75 Å². The van der Waals surface area contributed by atoms with Crippen molar-refractivity contribution in [3.8, 4) is 5.75 Å². The second kappa shape index (κ2) is 4.34. The molecule has 0 fully saturated rings. The Bertz CT molecular complexity index is 566. The van der Waals surface area contributed by atoms with E-state index in [4.69, 9.17) is 4.74 Å². The monoisotopic (exact) mass is 287 g/mol. The summed E-state index contributed by atoms with van der Waals surface area (Å²) in [5.74, 6) is 0.809. The maximum Gasteiger partial charge on any atom is 0.160 e. The van der Waals surface area contributed by atoms with Crippen LogP contribution >= 0.6 is 15.9 Å². The van der Waals surface area contributed by atoms with E-state index in [1.165, 1.54) is 0 Å². The Hall–Kier alpha value is -1.61. The van der Waals surface area contributed by atoms with Crippen molar-refractivity contribution in [1.82, 2.24) is 0 Å². The fourth-order valence-electron chi connectivity index (χ4n) is 1.82. The molecule has 0 N–H and O–H groups in total. The summed E-state index contributed by atoms with van der Waals surface area (Å²) in [5.41, 5.74) is 1.98. The van der Waals surface area contributed by atoms with Gasteiger partial charge < -0.3 is 4.74 Å². The summed E-state index contributed by atoms with van der Waals surface area (Å²) < 4.78 is 6.89. The van der Waals surface area contributed by atoms with E-state index in [-0.39, 0.29) is 6.10 Å². The molecule has 0 radical (unpaired) electrons. The van der Waals surface area contributed by atoms with Gasteiger partial charge in [0.05, 0.1) is 10.7 Å². The van der Waals surface area contributed by atoms with Crippen molar-refractivity contribution in [3.05, 3.63) is 58.6 Å². The van der Waals surface area contributed by atoms with Crippen LogP contribution < -0.4 is 4.74 Å². The highest BCUT2D eigenvalue weighted by molar-refractivity contribution is 9.10. The van der Waals surface area contributed by atoms with Crippen LogP contribution in [0.15, 0.2) is 58.0 Å². The van der Waals surface area contributed by atoms with E-state index < -0.39 is 0 Å². The summed E-state index contributed by atoms with van der Waals surface area (Å²) in [6.45, 7) is 0. The zero-order valence-corrected chi connectivity index (χ0v) is 10.6. The molecule has 0 amide bonds. The van der Waals surface area contributed by atoms with E-state index in [0.717, 1.165) is 21.5 Å². The lowest BCUT2D eigenvalue weighted by Gasteiger charge is -2.21. The molecular weight excluding hydrogens is 278 g/mol. The summed E-state index contributed by atoms with van der Waals surface area (Å²) >= 11 is 3.48. The van der Waals surface area contributed by atoms with Gasteiger partial charge in [0, 0.05) is 0 Å². The van der Waals surface area contributed by atoms with Gasteiger partial charge in [-0.1, -0.05) is 36.4 Å². The van der Waals surface area contributed by atoms with Crippen molar-refractivity contribution >= 4 is 27.8 Å². The maximum absolute atomic E-state index is 5.95. The molecule has 1 unspecified atom stereocenters.